The Labute approximate surface area is 56.4 Å². The first-order valence-electron chi connectivity index (χ1n) is 3.31. The molecule has 0 radical (unpaired) electrons. The molecule has 1 aliphatic rings. The van der Waals surface area contributed by atoms with Crippen molar-refractivity contribution in [3.63, 3.8) is 0 Å². The molecule has 0 aromatic heterocycles. The number of hydrogen-bond donors (Lipinski definition) is 0. The van der Waals surface area contributed by atoms with Crippen molar-refractivity contribution in [1.29, 1.82) is 0 Å². The van der Waals surface area contributed by atoms with E-state index in [2.05, 4.69) is 17.4 Å². The van der Waals surface area contributed by atoms with Crippen LogP contribution in [0.4, 0.5) is 0 Å². The standard InChI is InChI=1S/C3H6O.3CH3.Al/c1-2-4-3-1;;;;/h1-3H2;3*1H3;. The predicted octanol–water partition coefficient (Wildman–Crippen LogP) is 1.78. The highest BCUT2D eigenvalue weighted by Gasteiger charge is 1.94. The highest BCUT2D eigenvalue weighted by atomic mass is 27.2. The van der Waals surface area contributed by atoms with Crippen LogP contribution in [0.3, 0.4) is 0 Å². The Balaban J connectivity index is 0.000000122. The van der Waals surface area contributed by atoms with Gasteiger partial charge in [0.05, 0.1) is 0 Å². The van der Waals surface area contributed by atoms with Crippen molar-refractivity contribution >= 4 is 14.1 Å². The highest BCUT2D eigenvalue weighted by Crippen LogP contribution is 1.93. The van der Waals surface area contributed by atoms with Crippen molar-refractivity contribution in [2.45, 2.75) is 23.8 Å². The van der Waals surface area contributed by atoms with Gasteiger partial charge >= 0.3 is 0 Å². The Morgan fingerprint density at radius 2 is 1.25 bits per heavy atom. The van der Waals surface area contributed by atoms with Gasteiger partial charge in [0.15, 0.2) is 0 Å². The van der Waals surface area contributed by atoms with E-state index in [1.54, 1.807) is 0 Å². The molecular weight excluding hydrogens is 115 g/mol. The van der Waals surface area contributed by atoms with Crippen molar-refractivity contribution in [3.8, 4) is 0 Å². The van der Waals surface area contributed by atoms with Crippen LogP contribution in [0.1, 0.15) is 6.42 Å². The average molecular weight is 130 g/mol. The van der Waals surface area contributed by atoms with Crippen LogP contribution in [0.5, 0.6) is 0 Å². The quantitative estimate of drug-likeness (QED) is 0.454. The summed E-state index contributed by atoms with van der Waals surface area (Å²) in [5, 5.41) is 0. The maximum absolute atomic E-state index is 4.72. The third-order valence-corrected chi connectivity index (χ3v) is 0.577. The Morgan fingerprint density at radius 1 is 1.12 bits per heavy atom. The summed E-state index contributed by atoms with van der Waals surface area (Å²) in [5.74, 6) is 6.92. The van der Waals surface area contributed by atoms with Crippen molar-refractivity contribution in [2.75, 3.05) is 13.2 Å². The van der Waals surface area contributed by atoms with E-state index in [0.717, 1.165) is 13.2 Å². The van der Waals surface area contributed by atoms with Crippen LogP contribution in [-0.4, -0.2) is 27.4 Å². The molecule has 0 aromatic rings. The molecular formula is C6H15AlO. The average Bonchev–Trinajstić information content (AvgIpc) is 1.19. The molecule has 0 atom stereocenters. The van der Waals surface area contributed by atoms with Gasteiger partial charge < -0.3 is 4.74 Å². The van der Waals surface area contributed by atoms with Gasteiger partial charge in [-0.2, -0.15) is 0 Å². The Kier molecular flexibility index (Phi) is 5.97. The Hall–Kier alpha value is 0.492. The second-order valence-electron chi connectivity index (χ2n) is 2.70. The molecule has 0 aliphatic carbocycles. The van der Waals surface area contributed by atoms with Crippen LogP contribution in [0.15, 0.2) is 0 Å². The fourth-order valence-electron chi connectivity index (χ4n) is 0.144. The fraction of sp³-hybridized carbons (Fsp3) is 1.00. The number of ether oxygens (including phenoxy) is 1. The third kappa shape index (κ3) is 9.70. The van der Waals surface area contributed by atoms with E-state index in [1.165, 1.54) is 6.42 Å². The van der Waals surface area contributed by atoms with Gasteiger partial charge in [-0.05, 0) is 6.42 Å². The third-order valence-electron chi connectivity index (χ3n) is 0.577. The zero-order chi connectivity index (χ0) is 6.41. The lowest BCUT2D eigenvalue weighted by Crippen LogP contribution is -2.09. The Morgan fingerprint density at radius 3 is 1.25 bits per heavy atom. The molecule has 8 heavy (non-hydrogen) atoms. The second-order valence-corrected chi connectivity index (χ2v) is 6.16. The van der Waals surface area contributed by atoms with E-state index in [0.29, 0.717) is 0 Å². The van der Waals surface area contributed by atoms with Gasteiger partial charge in [-0.1, -0.05) is 0 Å². The molecule has 0 spiro atoms. The highest BCUT2D eigenvalue weighted by molar-refractivity contribution is 6.54. The maximum Gasteiger partial charge on any atom is 0.251 e. The summed E-state index contributed by atoms with van der Waals surface area (Å²) in [6, 6.07) is 0. The molecule has 0 saturated carbocycles. The summed E-state index contributed by atoms with van der Waals surface area (Å²) in [6.07, 6.45) is 1.28. The van der Waals surface area contributed by atoms with Crippen LogP contribution >= 0.6 is 0 Å². The molecule has 1 heterocycles. The molecule has 1 rings (SSSR count). The number of rotatable bonds is 0. The first-order valence-corrected chi connectivity index (χ1v) is 6.77. The summed E-state index contributed by atoms with van der Waals surface area (Å²) < 4.78 is 4.72. The minimum atomic E-state index is -0.139. The largest absolute Gasteiger partial charge is 0.381 e. The van der Waals surface area contributed by atoms with Crippen LogP contribution in [-0.2, 0) is 4.74 Å². The first-order chi connectivity index (χ1) is 3.73. The van der Waals surface area contributed by atoms with Crippen LogP contribution in [0.25, 0.3) is 0 Å². The molecule has 1 nitrogen and oxygen atoms in total. The molecule has 0 aromatic carbocycles. The first kappa shape index (κ1) is 8.49. The molecule has 1 aliphatic heterocycles. The summed E-state index contributed by atoms with van der Waals surface area (Å²) in [4.78, 5) is 0. The smallest absolute Gasteiger partial charge is 0.251 e. The van der Waals surface area contributed by atoms with Gasteiger partial charge in [-0.3, -0.25) is 0 Å². The van der Waals surface area contributed by atoms with Gasteiger partial charge in [-0.15, -0.1) is 17.4 Å². The minimum Gasteiger partial charge on any atom is -0.381 e. The molecule has 0 unspecified atom stereocenters. The minimum absolute atomic E-state index is 0.139. The normalized spacial score (nSPS) is 15.4. The molecule has 0 N–H and O–H groups in total. The van der Waals surface area contributed by atoms with Crippen LogP contribution in [0.2, 0.25) is 17.4 Å². The number of hydrogen-bond acceptors (Lipinski definition) is 1. The molecule has 0 bridgehead atoms. The molecule has 1 fully saturated rings. The molecule has 2 heteroatoms. The zero-order valence-corrected chi connectivity index (χ0v) is 7.26. The van der Waals surface area contributed by atoms with Crippen molar-refractivity contribution in [2.24, 2.45) is 0 Å². The fourth-order valence-corrected chi connectivity index (χ4v) is 0.144. The SMILES string of the molecule is C1COC1.[CH3][Al]([CH3])[CH3]. The van der Waals surface area contributed by atoms with E-state index in [1.807, 2.05) is 0 Å². The Bertz CT molecular complexity index is 35.0. The van der Waals surface area contributed by atoms with E-state index < -0.39 is 0 Å². The van der Waals surface area contributed by atoms with Crippen LogP contribution in [0, 0.1) is 0 Å². The van der Waals surface area contributed by atoms with Gasteiger partial charge in [-0.25, -0.2) is 0 Å². The maximum atomic E-state index is 4.72. The lowest BCUT2D eigenvalue weighted by Gasteiger charge is -2.09. The van der Waals surface area contributed by atoms with E-state index in [-0.39, 0.29) is 14.1 Å². The lowest BCUT2D eigenvalue weighted by atomic mass is 10.4. The van der Waals surface area contributed by atoms with E-state index >= 15 is 0 Å². The summed E-state index contributed by atoms with van der Waals surface area (Å²) >= 11 is -0.139. The van der Waals surface area contributed by atoms with Gasteiger partial charge in [0.1, 0.15) is 0 Å². The predicted molar refractivity (Wildman–Crippen MR) is 38.8 cm³/mol. The van der Waals surface area contributed by atoms with E-state index in [9.17, 15) is 0 Å². The topological polar surface area (TPSA) is 9.23 Å². The second kappa shape index (κ2) is 5.63. The monoisotopic (exact) mass is 130 g/mol. The summed E-state index contributed by atoms with van der Waals surface area (Å²) in [5.41, 5.74) is 0. The molecule has 1 saturated heterocycles. The lowest BCUT2D eigenvalue weighted by molar-refractivity contribution is 0.0367. The van der Waals surface area contributed by atoms with E-state index in [4.69, 9.17) is 4.74 Å². The van der Waals surface area contributed by atoms with Crippen molar-refractivity contribution < 1.29 is 4.74 Å². The van der Waals surface area contributed by atoms with Crippen molar-refractivity contribution in [3.05, 3.63) is 0 Å². The van der Waals surface area contributed by atoms with Gasteiger partial charge in [0, 0.05) is 13.2 Å². The van der Waals surface area contributed by atoms with Crippen molar-refractivity contribution in [1.82, 2.24) is 0 Å². The summed E-state index contributed by atoms with van der Waals surface area (Å²) in [7, 11) is 0. The molecule has 48 valence electrons. The van der Waals surface area contributed by atoms with Gasteiger partial charge in [0.2, 0.25) is 0 Å². The van der Waals surface area contributed by atoms with Gasteiger partial charge in [0.25, 0.3) is 14.1 Å². The zero-order valence-electron chi connectivity index (χ0n) is 6.11. The molecule has 0 amide bonds. The summed E-state index contributed by atoms with van der Waals surface area (Å²) in [6.45, 7) is 2.00. The van der Waals surface area contributed by atoms with Crippen LogP contribution < -0.4 is 0 Å².